The second-order valence-electron chi connectivity index (χ2n) is 8.22. The van der Waals surface area contributed by atoms with Crippen LogP contribution in [-0.2, 0) is 11.2 Å². The molecule has 1 aliphatic rings. The topological polar surface area (TPSA) is 77.4 Å². The number of benzene rings is 2. The van der Waals surface area contributed by atoms with Gasteiger partial charge in [0.25, 0.3) is 0 Å². The summed E-state index contributed by atoms with van der Waals surface area (Å²) in [5.74, 6) is 2.79. The van der Waals surface area contributed by atoms with Crippen molar-refractivity contribution >= 4 is 17.7 Å². The van der Waals surface area contributed by atoms with Crippen LogP contribution in [0.3, 0.4) is 0 Å². The molecule has 1 N–H and O–H groups in total. The average molecular weight is 477 g/mol. The fourth-order valence-electron chi connectivity index (χ4n) is 3.83. The van der Waals surface area contributed by atoms with E-state index < -0.39 is 0 Å². The molecule has 0 atom stereocenters. The molecular weight excluding hydrogens is 444 g/mol. The summed E-state index contributed by atoms with van der Waals surface area (Å²) in [5.41, 5.74) is 7.26. The SMILES string of the molecule is COc1ccc(CCOc2cc(N/N=C/c3cccc(C)c3)cc(N3CCOCC3)n2)cc1OC. The van der Waals surface area contributed by atoms with E-state index in [1.807, 2.05) is 42.5 Å². The van der Waals surface area contributed by atoms with E-state index in [-0.39, 0.29) is 0 Å². The Labute approximate surface area is 206 Å². The van der Waals surface area contributed by atoms with Crippen molar-refractivity contribution in [2.45, 2.75) is 13.3 Å². The largest absolute Gasteiger partial charge is 0.493 e. The number of rotatable bonds is 10. The molecule has 3 aromatic rings. The number of morpholine rings is 1. The van der Waals surface area contributed by atoms with Gasteiger partial charge >= 0.3 is 0 Å². The number of anilines is 2. The number of nitrogens with zero attached hydrogens (tertiary/aromatic N) is 3. The lowest BCUT2D eigenvalue weighted by Gasteiger charge is -2.28. The summed E-state index contributed by atoms with van der Waals surface area (Å²) in [6.45, 7) is 5.47. The molecule has 1 aromatic heterocycles. The normalized spacial score (nSPS) is 13.6. The first-order valence-electron chi connectivity index (χ1n) is 11.7. The van der Waals surface area contributed by atoms with Crippen LogP contribution in [0.4, 0.5) is 11.5 Å². The van der Waals surface area contributed by atoms with Crippen LogP contribution < -0.4 is 24.5 Å². The Morgan fingerprint density at radius 3 is 2.63 bits per heavy atom. The molecule has 1 aliphatic heterocycles. The highest BCUT2D eigenvalue weighted by atomic mass is 16.5. The zero-order valence-electron chi connectivity index (χ0n) is 20.5. The van der Waals surface area contributed by atoms with Gasteiger partial charge in [0.05, 0.1) is 45.9 Å². The van der Waals surface area contributed by atoms with Gasteiger partial charge in [0.15, 0.2) is 11.5 Å². The minimum Gasteiger partial charge on any atom is -0.493 e. The number of pyridine rings is 1. The number of hydrogen-bond acceptors (Lipinski definition) is 8. The first-order valence-corrected chi connectivity index (χ1v) is 11.7. The Morgan fingerprint density at radius 1 is 1.03 bits per heavy atom. The quantitative estimate of drug-likeness (QED) is 0.345. The Balaban J connectivity index is 1.46. The predicted molar refractivity (Wildman–Crippen MR) is 138 cm³/mol. The molecule has 8 heteroatoms. The molecular formula is C27H32N4O4. The van der Waals surface area contributed by atoms with Crippen LogP contribution in [0.15, 0.2) is 59.7 Å². The number of hydrogen-bond donors (Lipinski definition) is 1. The standard InChI is InChI=1S/C27H32N4O4/c1-20-5-4-6-22(15-20)19-28-30-23-17-26(31-10-13-34-14-11-31)29-27(18-23)35-12-9-21-7-8-24(32-2)25(16-21)33-3/h4-8,15-19H,9-14H2,1-3H3,(H,29,30)/b28-19+. The van der Waals surface area contributed by atoms with E-state index >= 15 is 0 Å². The van der Waals surface area contributed by atoms with Crippen molar-refractivity contribution in [2.75, 3.05) is 57.5 Å². The highest BCUT2D eigenvalue weighted by Crippen LogP contribution is 2.28. The summed E-state index contributed by atoms with van der Waals surface area (Å²) >= 11 is 0. The van der Waals surface area contributed by atoms with Crippen molar-refractivity contribution in [1.29, 1.82) is 0 Å². The second-order valence-corrected chi connectivity index (χ2v) is 8.22. The Morgan fingerprint density at radius 2 is 1.86 bits per heavy atom. The maximum Gasteiger partial charge on any atom is 0.217 e. The highest BCUT2D eigenvalue weighted by molar-refractivity contribution is 5.80. The molecule has 35 heavy (non-hydrogen) atoms. The molecule has 1 fully saturated rings. The number of nitrogens with one attached hydrogen (secondary N) is 1. The van der Waals surface area contributed by atoms with Gasteiger partial charge in [0, 0.05) is 31.6 Å². The third-order valence-electron chi connectivity index (χ3n) is 5.66. The molecule has 2 aromatic carbocycles. The molecule has 0 unspecified atom stereocenters. The Kier molecular flexibility index (Phi) is 8.40. The van der Waals surface area contributed by atoms with Crippen molar-refractivity contribution in [3.8, 4) is 17.4 Å². The number of ether oxygens (including phenoxy) is 4. The van der Waals surface area contributed by atoms with Gasteiger partial charge in [-0.25, -0.2) is 0 Å². The maximum absolute atomic E-state index is 6.06. The molecule has 4 rings (SSSR count). The first-order chi connectivity index (χ1) is 17.1. The fourth-order valence-corrected chi connectivity index (χ4v) is 3.83. The number of aromatic nitrogens is 1. The predicted octanol–water partition coefficient (Wildman–Crippen LogP) is 4.31. The third-order valence-corrected chi connectivity index (χ3v) is 5.66. The van der Waals surface area contributed by atoms with Crippen LogP contribution in [0, 0.1) is 6.92 Å². The van der Waals surface area contributed by atoms with Gasteiger partial charge in [-0.1, -0.05) is 35.9 Å². The minimum absolute atomic E-state index is 0.473. The number of hydrazone groups is 1. The molecule has 0 amide bonds. The van der Waals surface area contributed by atoms with Gasteiger partial charge < -0.3 is 23.8 Å². The van der Waals surface area contributed by atoms with Gasteiger partial charge in [0.2, 0.25) is 5.88 Å². The third kappa shape index (κ3) is 6.86. The van der Waals surface area contributed by atoms with Crippen LogP contribution in [0.25, 0.3) is 0 Å². The fraction of sp³-hybridized carbons (Fsp3) is 0.333. The summed E-state index contributed by atoms with van der Waals surface area (Å²) < 4.78 is 22.3. The van der Waals surface area contributed by atoms with Gasteiger partial charge in [-0.05, 0) is 30.2 Å². The molecule has 1 saturated heterocycles. The van der Waals surface area contributed by atoms with Crippen molar-refractivity contribution in [2.24, 2.45) is 5.10 Å². The van der Waals surface area contributed by atoms with Gasteiger partial charge in [-0.3, -0.25) is 5.43 Å². The van der Waals surface area contributed by atoms with Gasteiger partial charge in [0.1, 0.15) is 5.82 Å². The summed E-state index contributed by atoms with van der Waals surface area (Å²) in [7, 11) is 3.26. The van der Waals surface area contributed by atoms with E-state index in [0.29, 0.717) is 43.6 Å². The van der Waals surface area contributed by atoms with Crippen molar-refractivity contribution in [3.63, 3.8) is 0 Å². The molecule has 0 bridgehead atoms. The van der Waals surface area contributed by atoms with Gasteiger partial charge in [-0.15, -0.1) is 0 Å². The van der Waals surface area contributed by atoms with Crippen LogP contribution >= 0.6 is 0 Å². The smallest absolute Gasteiger partial charge is 0.217 e. The lowest BCUT2D eigenvalue weighted by Crippen LogP contribution is -2.36. The van der Waals surface area contributed by atoms with Gasteiger partial charge in [-0.2, -0.15) is 10.1 Å². The van der Waals surface area contributed by atoms with Crippen LogP contribution in [0.2, 0.25) is 0 Å². The van der Waals surface area contributed by atoms with Crippen LogP contribution in [0.5, 0.6) is 17.4 Å². The van der Waals surface area contributed by atoms with E-state index in [1.54, 1.807) is 20.4 Å². The maximum atomic E-state index is 6.06. The summed E-state index contributed by atoms with van der Waals surface area (Å²) in [6.07, 6.45) is 2.51. The Bertz CT molecular complexity index is 1150. The highest BCUT2D eigenvalue weighted by Gasteiger charge is 2.15. The van der Waals surface area contributed by atoms with E-state index in [4.69, 9.17) is 23.9 Å². The molecule has 8 nitrogen and oxygen atoms in total. The first kappa shape index (κ1) is 24.3. The number of aryl methyl sites for hydroxylation is 1. The van der Waals surface area contributed by atoms with E-state index in [2.05, 4.69) is 34.5 Å². The van der Waals surface area contributed by atoms with E-state index in [1.165, 1.54) is 5.56 Å². The molecule has 0 radical (unpaired) electrons. The lowest BCUT2D eigenvalue weighted by molar-refractivity contribution is 0.122. The monoisotopic (exact) mass is 476 g/mol. The van der Waals surface area contributed by atoms with Crippen molar-refractivity contribution in [3.05, 3.63) is 71.3 Å². The average Bonchev–Trinajstić information content (AvgIpc) is 2.89. The van der Waals surface area contributed by atoms with Crippen LogP contribution in [0.1, 0.15) is 16.7 Å². The Hall–Kier alpha value is -3.78. The molecule has 2 heterocycles. The molecule has 0 saturated carbocycles. The van der Waals surface area contributed by atoms with Crippen LogP contribution in [-0.4, -0.2) is 58.3 Å². The molecule has 184 valence electrons. The molecule has 0 aliphatic carbocycles. The zero-order chi connectivity index (χ0) is 24.5. The second kappa shape index (κ2) is 12.1. The summed E-state index contributed by atoms with van der Waals surface area (Å²) in [5, 5.41) is 4.42. The lowest BCUT2D eigenvalue weighted by atomic mass is 10.1. The van der Waals surface area contributed by atoms with Crippen molar-refractivity contribution in [1.82, 2.24) is 4.98 Å². The van der Waals surface area contributed by atoms with Crippen molar-refractivity contribution < 1.29 is 18.9 Å². The molecule has 0 spiro atoms. The summed E-state index contributed by atoms with van der Waals surface area (Å²) in [6, 6.07) is 17.9. The minimum atomic E-state index is 0.473. The van der Waals surface area contributed by atoms with E-state index in [9.17, 15) is 0 Å². The van der Waals surface area contributed by atoms with E-state index in [0.717, 1.165) is 35.7 Å². The number of methoxy groups -OCH3 is 2. The summed E-state index contributed by atoms with van der Waals surface area (Å²) in [4.78, 5) is 6.93. The zero-order valence-corrected chi connectivity index (χ0v) is 20.5.